The standard InChI is InChI=1S/C14H16N4O.ClH/c19-14(17-13-7-9-16-18-13)11-5-3-10(4-6-11)12-2-1-8-15-12;/h3-7,9,12,15H,1-2,8H2,(H2,16,17,18,19);1H. The second-order valence-corrected chi connectivity index (χ2v) is 4.70. The summed E-state index contributed by atoms with van der Waals surface area (Å²) in [7, 11) is 0. The number of nitrogens with zero attached hydrogens (tertiary/aromatic N) is 1. The predicted molar refractivity (Wildman–Crippen MR) is 80.2 cm³/mol. The summed E-state index contributed by atoms with van der Waals surface area (Å²) in [6.45, 7) is 1.08. The van der Waals surface area contributed by atoms with Crippen LogP contribution in [-0.4, -0.2) is 22.6 Å². The summed E-state index contributed by atoms with van der Waals surface area (Å²) in [6.07, 6.45) is 3.98. The highest BCUT2D eigenvalue weighted by Gasteiger charge is 2.16. The fourth-order valence-electron chi connectivity index (χ4n) is 2.36. The Hall–Kier alpha value is -1.85. The molecule has 2 heterocycles. The van der Waals surface area contributed by atoms with Crippen LogP contribution in [0.4, 0.5) is 5.82 Å². The first-order valence-electron chi connectivity index (χ1n) is 6.47. The molecule has 3 rings (SSSR count). The van der Waals surface area contributed by atoms with Gasteiger partial charge < -0.3 is 10.6 Å². The van der Waals surface area contributed by atoms with Gasteiger partial charge in [0.2, 0.25) is 0 Å². The Morgan fingerprint density at radius 1 is 1.25 bits per heavy atom. The molecule has 1 aliphatic heterocycles. The van der Waals surface area contributed by atoms with Gasteiger partial charge in [0.1, 0.15) is 5.82 Å². The SMILES string of the molecule is Cl.O=C(Nc1ccn[nH]1)c1ccc(C2CCCN2)cc1. The van der Waals surface area contributed by atoms with Gasteiger partial charge in [0.05, 0.1) is 6.20 Å². The zero-order chi connectivity index (χ0) is 13.1. The number of aromatic nitrogens is 2. The fraction of sp³-hybridized carbons (Fsp3) is 0.286. The number of carbonyl (C=O) groups excluding carboxylic acids is 1. The van der Waals surface area contributed by atoms with Crippen molar-refractivity contribution in [3.05, 3.63) is 47.7 Å². The number of nitrogens with one attached hydrogen (secondary N) is 3. The smallest absolute Gasteiger partial charge is 0.256 e. The summed E-state index contributed by atoms with van der Waals surface area (Å²) >= 11 is 0. The number of aromatic amines is 1. The number of carbonyl (C=O) groups is 1. The van der Waals surface area contributed by atoms with Crippen molar-refractivity contribution >= 4 is 24.1 Å². The predicted octanol–water partition coefficient (Wildman–Crippen LogP) is 2.51. The van der Waals surface area contributed by atoms with Gasteiger partial charge in [-0.3, -0.25) is 9.89 Å². The molecule has 1 atom stereocenters. The molecule has 1 aromatic carbocycles. The first-order valence-corrected chi connectivity index (χ1v) is 6.47. The van der Waals surface area contributed by atoms with E-state index >= 15 is 0 Å². The average molecular weight is 293 g/mol. The van der Waals surface area contributed by atoms with Gasteiger partial charge in [-0.05, 0) is 37.1 Å². The Kier molecular flexibility index (Phi) is 4.76. The average Bonchev–Trinajstić information content (AvgIpc) is 3.12. The van der Waals surface area contributed by atoms with Gasteiger partial charge in [0.25, 0.3) is 5.91 Å². The molecule has 0 bridgehead atoms. The van der Waals surface area contributed by atoms with Crippen molar-refractivity contribution in [2.75, 3.05) is 11.9 Å². The minimum absolute atomic E-state index is 0. The minimum Gasteiger partial charge on any atom is -0.310 e. The zero-order valence-corrected chi connectivity index (χ0v) is 11.7. The molecule has 1 fully saturated rings. The Bertz CT molecular complexity index is 547. The van der Waals surface area contributed by atoms with Crippen LogP contribution in [0.3, 0.4) is 0 Å². The second-order valence-electron chi connectivity index (χ2n) is 4.70. The molecule has 0 aliphatic carbocycles. The van der Waals surface area contributed by atoms with Crippen LogP contribution < -0.4 is 10.6 Å². The maximum absolute atomic E-state index is 12.0. The van der Waals surface area contributed by atoms with E-state index in [0.29, 0.717) is 17.4 Å². The molecule has 0 spiro atoms. The topological polar surface area (TPSA) is 69.8 Å². The van der Waals surface area contributed by atoms with Crippen LogP contribution in [0.1, 0.15) is 34.8 Å². The summed E-state index contributed by atoms with van der Waals surface area (Å²) in [5.74, 6) is 0.474. The molecule has 20 heavy (non-hydrogen) atoms. The van der Waals surface area contributed by atoms with Crippen molar-refractivity contribution in [2.24, 2.45) is 0 Å². The quantitative estimate of drug-likeness (QED) is 0.814. The zero-order valence-electron chi connectivity index (χ0n) is 10.9. The van der Waals surface area contributed by atoms with E-state index in [2.05, 4.69) is 20.8 Å². The lowest BCUT2D eigenvalue weighted by molar-refractivity contribution is 0.102. The van der Waals surface area contributed by atoms with Gasteiger partial charge in [-0.2, -0.15) is 5.10 Å². The van der Waals surface area contributed by atoms with Crippen molar-refractivity contribution in [1.29, 1.82) is 0 Å². The number of halogens is 1. The molecule has 1 saturated heterocycles. The number of hydrogen-bond donors (Lipinski definition) is 3. The highest BCUT2D eigenvalue weighted by Crippen LogP contribution is 2.23. The van der Waals surface area contributed by atoms with Crippen molar-refractivity contribution in [3.8, 4) is 0 Å². The molecule has 1 amide bonds. The Labute approximate surface area is 123 Å². The van der Waals surface area contributed by atoms with Crippen LogP contribution in [0, 0.1) is 0 Å². The molecule has 1 aliphatic rings. The van der Waals surface area contributed by atoms with Crippen molar-refractivity contribution < 1.29 is 4.79 Å². The van der Waals surface area contributed by atoms with Crippen LogP contribution in [0.25, 0.3) is 0 Å². The summed E-state index contributed by atoms with van der Waals surface area (Å²) in [5, 5.41) is 12.7. The van der Waals surface area contributed by atoms with Gasteiger partial charge >= 0.3 is 0 Å². The van der Waals surface area contributed by atoms with Crippen molar-refractivity contribution in [1.82, 2.24) is 15.5 Å². The van der Waals surface area contributed by atoms with E-state index in [0.717, 1.165) is 6.54 Å². The van der Waals surface area contributed by atoms with E-state index in [1.807, 2.05) is 24.3 Å². The van der Waals surface area contributed by atoms with Gasteiger partial charge in [0.15, 0.2) is 0 Å². The van der Waals surface area contributed by atoms with Gasteiger partial charge in [-0.1, -0.05) is 12.1 Å². The largest absolute Gasteiger partial charge is 0.310 e. The van der Waals surface area contributed by atoms with E-state index in [9.17, 15) is 4.79 Å². The molecule has 5 nitrogen and oxygen atoms in total. The molecule has 0 saturated carbocycles. The molecule has 2 aromatic rings. The van der Waals surface area contributed by atoms with Gasteiger partial charge in [0, 0.05) is 17.7 Å². The summed E-state index contributed by atoms with van der Waals surface area (Å²) in [5.41, 5.74) is 1.90. The Morgan fingerprint density at radius 3 is 2.65 bits per heavy atom. The van der Waals surface area contributed by atoms with Crippen molar-refractivity contribution in [3.63, 3.8) is 0 Å². The number of hydrogen-bond acceptors (Lipinski definition) is 3. The third-order valence-electron chi connectivity index (χ3n) is 3.38. The third-order valence-corrected chi connectivity index (χ3v) is 3.38. The molecule has 1 aromatic heterocycles. The molecule has 6 heteroatoms. The molecular formula is C14H17ClN4O. The Morgan fingerprint density at radius 2 is 2.05 bits per heavy atom. The summed E-state index contributed by atoms with van der Waals surface area (Å²) in [6, 6.07) is 9.91. The Balaban J connectivity index is 0.00000147. The lowest BCUT2D eigenvalue weighted by Crippen LogP contribution is -2.14. The number of benzene rings is 1. The van der Waals surface area contributed by atoms with Crippen LogP contribution in [0.15, 0.2) is 36.5 Å². The molecule has 1 unspecified atom stereocenters. The normalized spacial score (nSPS) is 17.5. The molecule has 0 radical (unpaired) electrons. The maximum Gasteiger partial charge on any atom is 0.256 e. The summed E-state index contributed by atoms with van der Waals surface area (Å²) < 4.78 is 0. The van der Waals surface area contributed by atoms with E-state index in [4.69, 9.17) is 0 Å². The second kappa shape index (κ2) is 6.54. The number of H-pyrrole nitrogens is 1. The lowest BCUT2D eigenvalue weighted by atomic mass is 10.0. The minimum atomic E-state index is -0.129. The van der Waals surface area contributed by atoms with E-state index < -0.39 is 0 Å². The van der Waals surface area contributed by atoms with E-state index in [-0.39, 0.29) is 18.3 Å². The molecule has 106 valence electrons. The van der Waals surface area contributed by atoms with E-state index in [1.54, 1.807) is 12.3 Å². The molecular weight excluding hydrogens is 276 g/mol. The first kappa shape index (κ1) is 14.6. The van der Waals surface area contributed by atoms with Crippen LogP contribution in [0.5, 0.6) is 0 Å². The van der Waals surface area contributed by atoms with E-state index in [1.165, 1.54) is 18.4 Å². The first-order chi connectivity index (χ1) is 9.33. The number of amides is 1. The number of anilines is 1. The third kappa shape index (κ3) is 3.18. The lowest BCUT2D eigenvalue weighted by Gasteiger charge is -2.11. The summed E-state index contributed by atoms with van der Waals surface area (Å²) in [4.78, 5) is 12.0. The maximum atomic E-state index is 12.0. The van der Waals surface area contributed by atoms with Crippen LogP contribution in [-0.2, 0) is 0 Å². The van der Waals surface area contributed by atoms with Gasteiger partial charge in [-0.25, -0.2) is 0 Å². The van der Waals surface area contributed by atoms with Crippen LogP contribution in [0.2, 0.25) is 0 Å². The van der Waals surface area contributed by atoms with Crippen molar-refractivity contribution in [2.45, 2.75) is 18.9 Å². The highest BCUT2D eigenvalue weighted by atomic mass is 35.5. The number of rotatable bonds is 3. The van der Waals surface area contributed by atoms with Gasteiger partial charge in [-0.15, -0.1) is 12.4 Å². The fourth-order valence-corrected chi connectivity index (χ4v) is 2.36. The highest BCUT2D eigenvalue weighted by molar-refractivity contribution is 6.03. The monoisotopic (exact) mass is 292 g/mol. The van der Waals surface area contributed by atoms with Crippen LogP contribution >= 0.6 is 12.4 Å². The molecule has 3 N–H and O–H groups in total.